The van der Waals surface area contributed by atoms with Crippen LogP contribution in [0, 0.1) is 5.82 Å². The van der Waals surface area contributed by atoms with Crippen LogP contribution in [0.5, 0.6) is 0 Å². The van der Waals surface area contributed by atoms with E-state index in [9.17, 15) is 12.8 Å². The van der Waals surface area contributed by atoms with Crippen molar-refractivity contribution in [3.05, 3.63) is 29.6 Å². The molecule has 1 N–H and O–H groups in total. The third-order valence-corrected chi connectivity index (χ3v) is 5.14. The number of hydrogen-bond donors (Lipinski definition) is 1. The molecule has 6 heteroatoms. The summed E-state index contributed by atoms with van der Waals surface area (Å²) < 4.78 is 36.6. The lowest BCUT2D eigenvalue weighted by molar-refractivity contribution is 0.423. The lowest BCUT2D eigenvalue weighted by Crippen LogP contribution is -2.41. The molecule has 0 radical (unpaired) electrons. The van der Waals surface area contributed by atoms with Gasteiger partial charge < -0.3 is 10.2 Å². The molecule has 1 aliphatic heterocycles. The second-order valence-electron chi connectivity index (χ2n) is 6.52. The van der Waals surface area contributed by atoms with E-state index < -0.39 is 9.84 Å². The summed E-state index contributed by atoms with van der Waals surface area (Å²) in [6.07, 6.45) is 0. The van der Waals surface area contributed by atoms with Gasteiger partial charge in [-0.1, -0.05) is 0 Å². The first-order valence-corrected chi connectivity index (χ1v) is 8.97. The molecule has 1 fully saturated rings. The van der Waals surface area contributed by atoms with E-state index in [1.807, 2.05) is 4.90 Å². The molecule has 1 aromatic carbocycles. The van der Waals surface area contributed by atoms with Gasteiger partial charge in [0.25, 0.3) is 0 Å². The van der Waals surface area contributed by atoms with Gasteiger partial charge in [0.2, 0.25) is 0 Å². The van der Waals surface area contributed by atoms with Crippen molar-refractivity contribution in [3.63, 3.8) is 0 Å². The number of halogens is 1. The standard InChI is InChI=1S/C15H23FN2O2S/c1-15(2,3)17-11-12-10-13(16)4-5-14(12)18-6-8-21(19,20)9-7-18/h4-5,10,17H,6-9,11H2,1-3H3. The van der Waals surface area contributed by atoms with Crippen molar-refractivity contribution in [2.24, 2.45) is 0 Å². The maximum Gasteiger partial charge on any atom is 0.153 e. The van der Waals surface area contributed by atoms with E-state index in [1.54, 1.807) is 6.07 Å². The number of hydrogen-bond acceptors (Lipinski definition) is 4. The first kappa shape index (κ1) is 16.2. The summed E-state index contributed by atoms with van der Waals surface area (Å²) in [6, 6.07) is 4.70. The molecule has 0 bridgehead atoms. The van der Waals surface area contributed by atoms with Crippen LogP contribution in [0.3, 0.4) is 0 Å². The second-order valence-corrected chi connectivity index (χ2v) is 8.82. The summed E-state index contributed by atoms with van der Waals surface area (Å²) in [4.78, 5) is 2.03. The lowest BCUT2D eigenvalue weighted by Gasteiger charge is -2.31. The maximum atomic E-state index is 13.5. The highest BCUT2D eigenvalue weighted by atomic mass is 32.2. The lowest BCUT2D eigenvalue weighted by atomic mass is 10.1. The normalized spacial score (nSPS) is 18.8. The molecule has 1 aromatic rings. The molecule has 21 heavy (non-hydrogen) atoms. The summed E-state index contributed by atoms with van der Waals surface area (Å²) in [6.45, 7) is 7.66. The molecule has 0 unspecified atom stereocenters. The highest BCUT2D eigenvalue weighted by Crippen LogP contribution is 2.24. The average Bonchev–Trinajstić information content (AvgIpc) is 2.36. The van der Waals surface area contributed by atoms with Gasteiger partial charge in [-0.2, -0.15) is 0 Å². The number of rotatable bonds is 3. The Morgan fingerprint density at radius 2 is 1.86 bits per heavy atom. The Balaban J connectivity index is 2.19. The van der Waals surface area contributed by atoms with Gasteiger partial charge in [0.15, 0.2) is 9.84 Å². The van der Waals surface area contributed by atoms with E-state index in [0.29, 0.717) is 19.6 Å². The summed E-state index contributed by atoms with van der Waals surface area (Å²) >= 11 is 0. The van der Waals surface area contributed by atoms with Crippen LogP contribution in [0.25, 0.3) is 0 Å². The molecule has 0 aliphatic carbocycles. The van der Waals surface area contributed by atoms with Crippen molar-refractivity contribution in [1.29, 1.82) is 0 Å². The monoisotopic (exact) mass is 314 g/mol. The Bertz CT molecular complexity index is 595. The van der Waals surface area contributed by atoms with E-state index in [1.165, 1.54) is 12.1 Å². The minimum Gasteiger partial charge on any atom is -0.369 e. The molecule has 0 saturated carbocycles. The molecule has 0 amide bonds. The largest absolute Gasteiger partial charge is 0.369 e. The predicted molar refractivity (Wildman–Crippen MR) is 83.9 cm³/mol. The number of nitrogens with zero attached hydrogens (tertiary/aromatic N) is 1. The molecule has 0 atom stereocenters. The van der Waals surface area contributed by atoms with Crippen molar-refractivity contribution in [2.75, 3.05) is 29.5 Å². The van der Waals surface area contributed by atoms with Crippen molar-refractivity contribution < 1.29 is 12.8 Å². The number of sulfone groups is 1. The smallest absolute Gasteiger partial charge is 0.153 e. The van der Waals surface area contributed by atoms with Gasteiger partial charge >= 0.3 is 0 Å². The van der Waals surface area contributed by atoms with Crippen LogP contribution in [0.4, 0.5) is 10.1 Å². The van der Waals surface area contributed by atoms with Crippen LogP contribution in [-0.4, -0.2) is 38.6 Å². The topological polar surface area (TPSA) is 49.4 Å². The molecule has 1 aliphatic rings. The summed E-state index contributed by atoms with van der Waals surface area (Å²) in [7, 11) is -2.91. The summed E-state index contributed by atoms with van der Waals surface area (Å²) in [5, 5.41) is 3.35. The Hall–Kier alpha value is -1.14. The van der Waals surface area contributed by atoms with E-state index in [0.717, 1.165) is 11.3 Å². The van der Waals surface area contributed by atoms with E-state index in [2.05, 4.69) is 26.1 Å². The number of benzene rings is 1. The average molecular weight is 314 g/mol. The quantitative estimate of drug-likeness (QED) is 0.926. The Labute approximate surface area is 126 Å². The minimum atomic E-state index is -2.91. The van der Waals surface area contributed by atoms with Gasteiger partial charge in [0.1, 0.15) is 5.82 Å². The van der Waals surface area contributed by atoms with Crippen LogP contribution in [0.15, 0.2) is 18.2 Å². The molecular weight excluding hydrogens is 291 g/mol. The second kappa shape index (κ2) is 5.93. The van der Waals surface area contributed by atoms with Gasteiger partial charge in [-0.05, 0) is 44.5 Å². The van der Waals surface area contributed by atoms with Gasteiger partial charge in [0.05, 0.1) is 11.5 Å². The third-order valence-electron chi connectivity index (χ3n) is 3.54. The number of anilines is 1. The van der Waals surface area contributed by atoms with Gasteiger partial charge in [0, 0.05) is 30.9 Å². The van der Waals surface area contributed by atoms with Crippen molar-refractivity contribution in [2.45, 2.75) is 32.9 Å². The minimum absolute atomic E-state index is 0.0607. The predicted octanol–water partition coefficient (Wildman–Crippen LogP) is 1.95. The maximum absolute atomic E-state index is 13.5. The van der Waals surface area contributed by atoms with Gasteiger partial charge in [-0.15, -0.1) is 0 Å². The van der Waals surface area contributed by atoms with E-state index in [-0.39, 0.29) is 22.9 Å². The van der Waals surface area contributed by atoms with Crippen molar-refractivity contribution in [1.82, 2.24) is 5.32 Å². The fourth-order valence-corrected chi connectivity index (χ4v) is 3.52. The Morgan fingerprint density at radius 1 is 1.24 bits per heavy atom. The van der Waals surface area contributed by atoms with Crippen LogP contribution in [0.2, 0.25) is 0 Å². The fourth-order valence-electron chi connectivity index (χ4n) is 2.32. The summed E-state index contributed by atoms with van der Waals surface area (Å²) in [5.41, 5.74) is 1.72. The van der Waals surface area contributed by atoms with Crippen LogP contribution in [-0.2, 0) is 16.4 Å². The molecule has 1 heterocycles. The third kappa shape index (κ3) is 4.68. The van der Waals surface area contributed by atoms with Crippen LogP contribution in [0.1, 0.15) is 26.3 Å². The first-order chi connectivity index (χ1) is 9.66. The fraction of sp³-hybridized carbons (Fsp3) is 0.600. The van der Waals surface area contributed by atoms with Crippen LogP contribution < -0.4 is 10.2 Å². The van der Waals surface area contributed by atoms with Gasteiger partial charge in [-0.3, -0.25) is 0 Å². The zero-order chi connectivity index (χ0) is 15.7. The van der Waals surface area contributed by atoms with E-state index in [4.69, 9.17) is 0 Å². The zero-order valence-electron chi connectivity index (χ0n) is 12.8. The molecule has 4 nitrogen and oxygen atoms in total. The summed E-state index contributed by atoms with van der Waals surface area (Å²) in [5.74, 6) is 0.0571. The number of nitrogens with one attached hydrogen (secondary N) is 1. The first-order valence-electron chi connectivity index (χ1n) is 7.15. The zero-order valence-corrected chi connectivity index (χ0v) is 13.6. The van der Waals surface area contributed by atoms with Crippen LogP contribution >= 0.6 is 0 Å². The van der Waals surface area contributed by atoms with Crippen molar-refractivity contribution >= 4 is 15.5 Å². The molecule has 0 aromatic heterocycles. The highest BCUT2D eigenvalue weighted by Gasteiger charge is 2.23. The molecule has 0 spiro atoms. The van der Waals surface area contributed by atoms with Gasteiger partial charge in [-0.25, -0.2) is 12.8 Å². The van der Waals surface area contributed by atoms with Crippen molar-refractivity contribution in [3.8, 4) is 0 Å². The highest BCUT2D eigenvalue weighted by molar-refractivity contribution is 7.91. The molecule has 118 valence electrons. The SMILES string of the molecule is CC(C)(C)NCc1cc(F)ccc1N1CCS(=O)(=O)CC1. The molecular formula is C15H23FN2O2S. The molecule has 2 rings (SSSR count). The Kier molecular flexibility index (Phi) is 4.58. The Morgan fingerprint density at radius 3 is 2.43 bits per heavy atom. The van der Waals surface area contributed by atoms with E-state index >= 15 is 0 Å². The molecule has 1 saturated heterocycles.